The molecule has 1 aromatic heterocycles. The molecule has 2 rings (SSSR count). The van der Waals surface area contributed by atoms with Crippen LogP contribution in [0.1, 0.15) is 29.4 Å². The van der Waals surface area contributed by atoms with Crippen molar-refractivity contribution in [1.29, 1.82) is 0 Å². The van der Waals surface area contributed by atoms with Crippen LogP contribution in [-0.4, -0.2) is 35.2 Å². The zero-order valence-electron chi connectivity index (χ0n) is 10.4. The molecule has 1 saturated heterocycles. The number of piperidine rings is 1. The van der Waals surface area contributed by atoms with Crippen LogP contribution in [0.15, 0.2) is 17.1 Å². The van der Waals surface area contributed by atoms with E-state index in [1.54, 1.807) is 0 Å². The second-order valence-corrected chi connectivity index (χ2v) is 4.25. The van der Waals surface area contributed by atoms with Crippen LogP contribution in [-0.2, 0) is 4.79 Å². The number of nitrogens with one attached hydrogen (secondary N) is 1. The molecule has 19 heavy (non-hydrogen) atoms. The zero-order chi connectivity index (χ0) is 14.0. The highest BCUT2D eigenvalue weighted by Gasteiger charge is 2.27. The second-order valence-electron chi connectivity index (χ2n) is 4.25. The molecule has 1 fully saturated rings. The zero-order valence-corrected chi connectivity index (χ0v) is 10.4. The Morgan fingerprint density at radius 3 is 2.84 bits per heavy atom. The molecule has 0 spiro atoms. The summed E-state index contributed by atoms with van der Waals surface area (Å²) in [6, 6.07) is 0.345. The molecular weight excluding hydrogens is 252 g/mol. The summed E-state index contributed by atoms with van der Waals surface area (Å²) in [6.07, 6.45) is 2.56. The number of hydrogen-bond acceptors (Lipinski definition) is 4. The lowest BCUT2D eigenvalue weighted by molar-refractivity contribution is -0.125. The van der Waals surface area contributed by atoms with Gasteiger partial charge in [0.05, 0.1) is 13.3 Å². The van der Waals surface area contributed by atoms with Crippen molar-refractivity contribution in [1.82, 2.24) is 9.88 Å². The summed E-state index contributed by atoms with van der Waals surface area (Å²) in [6.45, 7) is 0.578. The molecule has 1 aliphatic rings. The lowest BCUT2D eigenvalue weighted by Gasteiger charge is -2.26. The molecule has 2 heterocycles. The van der Waals surface area contributed by atoms with E-state index in [-0.39, 0.29) is 17.4 Å². The van der Waals surface area contributed by atoms with E-state index in [9.17, 15) is 14.4 Å². The Labute approximate surface area is 108 Å². The Kier molecular flexibility index (Phi) is 3.55. The van der Waals surface area contributed by atoms with Crippen LogP contribution < -0.4 is 15.5 Å². The maximum Gasteiger partial charge on any atom is 0.352 e. The van der Waals surface area contributed by atoms with Crippen LogP contribution in [0.2, 0.25) is 0 Å². The van der Waals surface area contributed by atoms with Gasteiger partial charge < -0.3 is 19.7 Å². The van der Waals surface area contributed by atoms with Gasteiger partial charge in [-0.15, -0.1) is 0 Å². The van der Waals surface area contributed by atoms with Gasteiger partial charge >= 0.3 is 5.97 Å². The predicted molar refractivity (Wildman–Crippen MR) is 65.5 cm³/mol. The first-order chi connectivity index (χ1) is 9.04. The van der Waals surface area contributed by atoms with Crippen LogP contribution in [0.3, 0.4) is 0 Å². The number of aromatic nitrogens is 1. The Bertz CT molecular complexity index is 578. The van der Waals surface area contributed by atoms with Crippen molar-refractivity contribution in [3.8, 4) is 5.75 Å². The molecule has 0 saturated carbocycles. The molecule has 2 N–H and O–H groups in total. The van der Waals surface area contributed by atoms with E-state index in [4.69, 9.17) is 9.84 Å². The molecule has 1 unspecified atom stereocenters. The summed E-state index contributed by atoms with van der Waals surface area (Å²) >= 11 is 0. The van der Waals surface area contributed by atoms with E-state index in [2.05, 4.69) is 5.32 Å². The Hall–Kier alpha value is -2.31. The highest BCUT2D eigenvalue weighted by molar-refractivity contribution is 5.88. The molecule has 0 aliphatic carbocycles. The minimum atomic E-state index is -1.25. The molecule has 0 radical (unpaired) electrons. The summed E-state index contributed by atoms with van der Waals surface area (Å²) in [5, 5.41) is 11.8. The number of aromatic carboxylic acids is 1. The first kappa shape index (κ1) is 13.1. The molecule has 1 amide bonds. The summed E-state index contributed by atoms with van der Waals surface area (Å²) in [7, 11) is 1.32. The van der Waals surface area contributed by atoms with Gasteiger partial charge in [0.25, 0.3) is 0 Å². The van der Waals surface area contributed by atoms with E-state index >= 15 is 0 Å². The lowest BCUT2D eigenvalue weighted by Crippen LogP contribution is -2.39. The number of amides is 1. The molecule has 1 aromatic rings. The van der Waals surface area contributed by atoms with Crippen LogP contribution in [0.5, 0.6) is 5.75 Å². The third-order valence-corrected chi connectivity index (χ3v) is 3.08. The van der Waals surface area contributed by atoms with Gasteiger partial charge in [-0.3, -0.25) is 9.59 Å². The van der Waals surface area contributed by atoms with Gasteiger partial charge in [-0.1, -0.05) is 0 Å². The first-order valence-corrected chi connectivity index (χ1v) is 5.85. The summed E-state index contributed by atoms with van der Waals surface area (Å²) < 4.78 is 6.18. The smallest absolute Gasteiger partial charge is 0.352 e. The molecule has 102 valence electrons. The number of carboxylic acid groups (broad SMARTS) is 1. The molecule has 1 atom stereocenters. The minimum absolute atomic E-state index is 0.0170. The van der Waals surface area contributed by atoms with Crippen LogP contribution >= 0.6 is 0 Å². The van der Waals surface area contributed by atoms with Gasteiger partial charge in [0, 0.05) is 12.6 Å². The maximum atomic E-state index is 11.8. The normalized spacial score (nSPS) is 18.8. The van der Waals surface area contributed by atoms with Gasteiger partial charge in [0.1, 0.15) is 11.7 Å². The minimum Gasteiger partial charge on any atom is -0.491 e. The number of rotatable bonds is 3. The standard InChI is InChI=1S/C12H14N2O5/c1-19-10-6-14(7-3-2-4-13-11(7)16)8(12(17)18)5-9(10)15/h5-7H,2-4H2,1H3,(H,13,16)(H,17,18). The number of carbonyl (C=O) groups excluding carboxylic acids is 1. The largest absolute Gasteiger partial charge is 0.491 e. The third-order valence-electron chi connectivity index (χ3n) is 3.08. The Balaban J connectivity index is 2.55. The fourth-order valence-electron chi connectivity index (χ4n) is 2.13. The summed E-state index contributed by atoms with van der Waals surface area (Å²) in [5.41, 5.74) is -0.736. The van der Waals surface area contributed by atoms with Crippen molar-refractivity contribution in [3.63, 3.8) is 0 Å². The number of methoxy groups -OCH3 is 1. The molecule has 7 nitrogen and oxygen atoms in total. The molecule has 1 aliphatic heterocycles. The summed E-state index contributed by atoms with van der Waals surface area (Å²) in [4.78, 5) is 34.6. The van der Waals surface area contributed by atoms with Gasteiger partial charge in [-0.2, -0.15) is 0 Å². The lowest BCUT2D eigenvalue weighted by atomic mass is 10.1. The van der Waals surface area contributed by atoms with Crippen molar-refractivity contribution >= 4 is 11.9 Å². The van der Waals surface area contributed by atoms with Crippen LogP contribution in [0, 0.1) is 0 Å². The topological polar surface area (TPSA) is 97.6 Å². The fourth-order valence-corrected chi connectivity index (χ4v) is 2.13. The van der Waals surface area contributed by atoms with Gasteiger partial charge in [0.2, 0.25) is 11.3 Å². The van der Waals surface area contributed by atoms with Crippen molar-refractivity contribution < 1.29 is 19.4 Å². The van der Waals surface area contributed by atoms with Gasteiger partial charge in [0.15, 0.2) is 5.75 Å². The number of hydrogen-bond donors (Lipinski definition) is 2. The van der Waals surface area contributed by atoms with Crippen molar-refractivity contribution in [2.75, 3.05) is 13.7 Å². The van der Waals surface area contributed by atoms with E-state index in [1.165, 1.54) is 17.9 Å². The monoisotopic (exact) mass is 266 g/mol. The Morgan fingerprint density at radius 2 is 2.26 bits per heavy atom. The van der Waals surface area contributed by atoms with Crippen molar-refractivity contribution in [3.05, 3.63) is 28.2 Å². The van der Waals surface area contributed by atoms with E-state index in [1.807, 2.05) is 0 Å². The number of carbonyl (C=O) groups is 2. The maximum absolute atomic E-state index is 11.8. The van der Waals surface area contributed by atoms with E-state index < -0.39 is 17.4 Å². The van der Waals surface area contributed by atoms with Crippen molar-refractivity contribution in [2.24, 2.45) is 0 Å². The molecule has 0 aromatic carbocycles. The number of pyridine rings is 1. The number of ether oxygens (including phenoxy) is 1. The van der Waals surface area contributed by atoms with Crippen LogP contribution in [0.25, 0.3) is 0 Å². The van der Waals surface area contributed by atoms with Gasteiger partial charge in [-0.05, 0) is 12.8 Å². The average Bonchev–Trinajstić information content (AvgIpc) is 2.39. The molecule has 7 heteroatoms. The average molecular weight is 266 g/mol. The molecule has 0 bridgehead atoms. The van der Waals surface area contributed by atoms with Gasteiger partial charge in [-0.25, -0.2) is 4.79 Å². The quantitative estimate of drug-likeness (QED) is 0.803. The van der Waals surface area contributed by atoms with E-state index in [0.717, 1.165) is 12.5 Å². The number of carboxylic acids is 1. The number of nitrogens with zero attached hydrogens (tertiary/aromatic N) is 1. The summed E-state index contributed by atoms with van der Waals surface area (Å²) in [5.74, 6) is -1.49. The third kappa shape index (κ3) is 2.44. The predicted octanol–water partition coefficient (Wildman–Crippen LogP) is 0.00620. The van der Waals surface area contributed by atoms with Crippen molar-refractivity contribution in [2.45, 2.75) is 18.9 Å². The fraction of sp³-hybridized carbons (Fsp3) is 0.417. The first-order valence-electron chi connectivity index (χ1n) is 5.85. The molecular formula is C12H14N2O5. The van der Waals surface area contributed by atoms with E-state index in [0.29, 0.717) is 13.0 Å². The second kappa shape index (κ2) is 5.13. The van der Waals surface area contributed by atoms with Crippen LogP contribution in [0.4, 0.5) is 0 Å². The Morgan fingerprint density at radius 1 is 1.53 bits per heavy atom. The SMILES string of the molecule is COc1cn(C2CCCNC2=O)c(C(=O)O)cc1=O. The highest BCUT2D eigenvalue weighted by Crippen LogP contribution is 2.21. The highest BCUT2D eigenvalue weighted by atomic mass is 16.5.